The molecular formula is C19H35ClN6O2. The Labute approximate surface area is 173 Å². The topological polar surface area (TPSA) is 101 Å². The molecule has 1 rings (SSSR count). The number of hydrogen-bond donors (Lipinski definition) is 3. The van der Waals surface area contributed by atoms with Gasteiger partial charge in [0.05, 0.1) is 0 Å². The minimum Gasteiger partial charge on any atom is -0.444 e. The highest BCUT2D eigenvalue weighted by atomic mass is 35.5. The lowest BCUT2D eigenvalue weighted by Gasteiger charge is -2.19. The number of unbranched alkanes of at least 4 members (excludes halogenated alkanes) is 6. The minimum atomic E-state index is -0.519. The lowest BCUT2D eigenvalue weighted by atomic mass is 10.1. The van der Waals surface area contributed by atoms with Gasteiger partial charge in [-0.15, -0.1) is 0 Å². The lowest BCUT2D eigenvalue weighted by molar-refractivity contribution is 0.0530. The van der Waals surface area contributed by atoms with E-state index in [-0.39, 0.29) is 5.28 Å². The van der Waals surface area contributed by atoms with Gasteiger partial charge in [-0.2, -0.15) is 15.0 Å². The molecule has 3 N–H and O–H groups in total. The molecule has 0 aliphatic heterocycles. The standard InChI is InChI=1S/C19H35ClN6O2/c1-5-6-7-8-9-10-11-12-21-16-24-15(20)25-17(26-16)22-13-14-23-18(27)28-19(2,3)4/h5-14H2,1-4H3,(H,23,27)(H2,21,22,24,25,26). The van der Waals surface area contributed by atoms with Gasteiger partial charge in [0.1, 0.15) is 5.60 Å². The molecule has 0 unspecified atom stereocenters. The minimum absolute atomic E-state index is 0.125. The molecule has 0 aliphatic rings. The summed E-state index contributed by atoms with van der Waals surface area (Å²) < 4.78 is 5.17. The van der Waals surface area contributed by atoms with Crippen molar-refractivity contribution in [2.45, 2.75) is 78.2 Å². The number of carbonyl (C=O) groups is 1. The van der Waals surface area contributed by atoms with Gasteiger partial charge >= 0.3 is 6.09 Å². The van der Waals surface area contributed by atoms with E-state index in [2.05, 4.69) is 37.8 Å². The summed E-state index contributed by atoms with van der Waals surface area (Å²) >= 11 is 5.96. The van der Waals surface area contributed by atoms with Crippen LogP contribution in [-0.2, 0) is 4.74 Å². The Kier molecular flexibility index (Phi) is 11.6. The van der Waals surface area contributed by atoms with Crippen molar-refractivity contribution in [3.8, 4) is 0 Å². The fourth-order valence-corrected chi connectivity index (χ4v) is 2.60. The number of nitrogens with zero attached hydrogens (tertiary/aromatic N) is 3. The van der Waals surface area contributed by atoms with Gasteiger partial charge in [0.2, 0.25) is 17.2 Å². The molecule has 0 fully saturated rings. The molecule has 0 saturated carbocycles. The summed E-state index contributed by atoms with van der Waals surface area (Å²) in [4.78, 5) is 24.0. The van der Waals surface area contributed by atoms with E-state index in [1.807, 2.05) is 20.8 Å². The monoisotopic (exact) mass is 414 g/mol. The normalized spacial score (nSPS) is 11.2. The highest BCUT2D eigenvalue weighted by molar-refractivity contribution is 6.28. The molecular weight excluding hydrogens is 380 g/mol. The van der Waals surface area contributed by atoms with Gasteiger partial charge in [0.15, 0.2) is 0 Å². The molecule has 8 nitrogen and oxygen atoms in total. The summed E-state index contributed by atoms with van der Waals surface area (Å²) in [6, 6.07) is 0. The third-order valence-electron chi connectivity index (χ3n) is 3.75. The number of hydrogen-bond acceptors (Lipinski definition) is 7. The molecule has 1 aromatic rings. The van der Waals surface area contributed by atoms with Gasteiger partial charge in [-0.05, 0) is 38.8 Å². The smallest absolute Gasteiger partial charge is 0.407 e. The number of amides is 1. The van der Waals surface area contributed by atoms with E-state index >= 15 is 0 Å². The van der Waals surface area contributed by atoms with Crippen LogP contribution in [0.5, 0.6) is 0 Å². The van der Waals surface area contributed by atoms with Crippen molar-refractivity contribution in [2.75, 3.05) is 30.3 Å². The molecule has 1 heterocycles. The zero-order valence-corrected chi connectivity index (χ0v) is 18.4. The van der Waals surface area contributed by atoms with Crippen LogP contribution < -0.4 is 16.0 Å². The fraction of sp³-hybridized carbons (Fsp3) is 0.789. The van der Waals surface area contributed by atoms with Crippen molar-refractivity contribution < 1.29 is 9.53 Å². The zero-order valence-electron chi connectivity index (χ0n) is 17.6. The predicted molar refractivity (Wildman–Crippen MR) is 114 cm³/mol. The first-order valence-corrected chi connectivity index (χ1v) is 10.5. The number of aromatic nitrogens is 3. The van der Waals surface area contributed by atoms with E-state index < -0.39 is 11.7 Å². The molecule has 9 heteroatoms. The highest BCUT2D eigenvalue weighted by Crippen LogP contribution is 2.11. The summed E-state index contributed by atoms with van der Waals surface area (Å²) in [5, 5.41) is 8.99. The molecule has 0 spiro atoms. The molecule has 0 aliphatic carbocycles. The average molecular weight is 415 g/mol. The second-order valence-electron chi connectivity index (χ2n) is 7.66. The highest BCUT2D eigenvalue weighted by Gasteiger charge is 2.15. The third-order valence-corrected chi connectivity index (χ3v) is 3.92. The second-order valence-corrected chi connectivity index (χ2v) is 7.99. The quantitative estimate of drug-likeness (QED) is 0.404. The van der Waals surface area contributed by atoms with E-state index in [0.717, 1.165) is 13.0 Å². The number of alkyl carbamates (subject to hydrolysis) is 1. The van der Waals surface area contributed by atoms with E-state index in [1.165, 1.54) is 38.5 Å². The van der Waals surface area contributed by atoms with Gasteiger partial charge < -0.3 is 20.7 Å². The van der Waals surface area contributed by atoms with Crippen LogP contribution in [0.4, 0.5) is 16.7 Å². The second kappa shape index (κ2) is 13.4. The number of carbonyl (C=O) groups excluding carboxylic acids is 1. The van der Waals surface area contributed by atoms with E-state index in [0.29, 0.717) is 25.0 Å². The average Bonchev–Trinajstić information content (AvgIpc) is 2.59. The van der Waals surface area contributed by atoms with Gasteiger partial charge in [-0.3, -0.25) is 0 Å². The maximum atomic E-state index is 11.6. The number of halogens is 1. The summed E-state index contributed by atoms with van der Waals surface area (Å²) in [5.74, 6) is 0.821. The van der Waals surface area contributed by atoms with Crippen LogP contribution >= 0.6 is 11.6 Å². The molecule has 0 bridgehead atoms. The van der Waals surface area contributed by atoms with Crippen molar-refractivity contribution in [1.29, 1.82) is 0 Å². The molecule has 0 saturated heterocycles. The Balaban J connectivity index is 2.26. The fourth-order valence-electron chi connectivity index (χ4n) is 2.44. The van der Waals surface area contributed by atoms with Crippen molar-refractivity contribution in [1.82, 2.24) is 20.3 Å². The maximum absolute atomic E-state index is 11.6. The van der Waals surface area contributed by atoms with Crippen LogP contribution in [0.25, 0.3) is 0 Å². The van der Waals surface area contributed by atoms with Crippen LogP contribution in [0, 0.1) is 0 Å². The van der Waals surface area contributed by atoms with E-state index in [9.17, 15) is 4.79 Å². The first-order valence-electron chi connectivity index (χ1n) is 10.2. The van der Waals surface area contributed by atoms with Gasteiger partial charge in [-0.1, -0.05) is 45.4 Å². The lowest BCUT2D eigenvalue weighted by Crippen LogP contribution is -2.35. The Bertz CT molecular complexity index is 580. The van der Waals surface area contributed by atoms with Crippen LogP contribution in [0.3, 0.4) is 0 Å². The molecule has 1 aromatic heterocycles. The number of ether oxygens (including phenoxy) is 1. The van der Waals surface area contributed by atoms with Gasteiger partial charge in [0, 0.05) is 19.6 Å². The van der Waals surface area contributed by atoms with Crippen LogP contribution in [0.1, 0.15) is 72.6 Å². The molecule has 1 amide bonds. The van der Waals surface area contributed by atoms with E-state index in [1.54, 1.807) is 0 Å². The number of rotatable bonds is 13. The Morgan fingerprint density at radius 1 is 0.893 bits per heavy atom. The van der Waals surface area contributed by atoms with Crippen LogP contribution in [0.2, 0.25) is 5.28 Å². The van der Waals surface area contributed by atoms with Crippen molar-refractivity contribution in [2.24, 2.45) is 0 Å². The summed E-state index contributed by atoms with van der Waals surface area (Å²) in [6.45, 7) is 9.30. The number of nitrogens with one attached hydrogen (secondary N) is 3. The largest absolute Gasteiger partial charge is 0.444 e. The van der Waals surface area contributed by atoms with Crippen LogP contribution in [-0.4, -0.2) is 46.3 Å². The first-order chi connectivity index (χ1) is 13.3. The molecule has 0 radical (unpaired) electrons. The molecule has 0 atom stereocenters. The number of anilines is 2. The van der Waals surface area contributed by atoms with Crippen LogP contribution in [0.15, 0.2) is 0 Å². The Morgan fingerprint density at radius 2 is 1.46 bits per heavy atom. The Hall–Kier alpha value is -1.83. The maximum Gasteiger partial charge on any atom is 0.407 e. The summed E-state index contributed by atoms with van der Waals surface area (Å²) in [7, 11) is 0. The Morgan fingerprint density at radius 3 is 2.07 bits per heavy atom. The van der Waals surface area contributed by atoms with Crippen molar-refractivity contribution in [3.05, 3.63) is 5.28 Å². The predicted octanol–water partition coefficient (Wildman–Crippen LogP) is 4.62. The van der Waals surface area contributed by atoms with E-state index in [4.69, 9.17) is 16.3 Å². The summed E-state index contributed by atoms with van der Waals surface area (Å²) in [5.41, 5.74) is -0.519. The van der Waals surface area contributed by atoms with Gasteiger partial charge in [0.25, 0.3) is 0 Å². The van der Waals surface area contributed by atoms with Crippen molar-refractivity contribution in [3.63, 3.8) is 0 Å². The van der Waals surface area contributed by atoms with Gasteiger partial charge in [-0.25, -0.2) is 4.79 Å². The third kappa shape index (κ3) is 12.5. The molecule has 160 valence electrons. The summed E-state index contributed by atoms with van der Waals surface area (Å²) in [6.07, 6.45) is 8.29. The first kappa shape index (κ1) is 24.2. The molecule has 28 heavy (non-hydrogen) atoms. The zero-order chi connectivity index (χ0) is 20.8. The SMILES string of the molecule is CCCCCCCCCNc1nc(Cl)nc(NCCNC(=O)OC(C)(C)C)n1. The van der Waals surface area contributed by atoms with Crippen molar-refractivity contribution >= 4 is 29.6 Å². The molecule has 0 aromatic carbocycles.